The molecular formula is C8H17N3O5S. The number of aliphatic carboxylic acids is 1. The van der Waals surface area contributed by atoms with E-state index in [9.17, 15) is 18.0 Å². The van der Waals surface area contributed by atoms with Crippen molar-refractivity contribution in [3.63, 3.8) is 0 Å². The summed E-state index contributed by atoms with van der Waals surface area (Å²) in [6.07, 6.45) is -0.0442. The first kappa shape index (κ1) is 15.7. The number of sulfonamides is 1. The van der Waals surface area contributed by atoms with Gasteiger partial charge in [-0.05, 0) is 5.92 Å². The average molecular weight is 267 g/mol. The number of carbonyl (C=O) groups excluding carboxylic acids is 1. The Hall–Kier alpha value is -1.35. The minimum atomic E-state index is -3.59. The third kappa shape index (κ3) is 10.9. The second-order valence-electron chi connectivity index (χ2n) is 3.71. The molecule has 5 N–H and O–H groups in total. The van der Waals surface area contributed by atoms with Crippen LogP contribution >= 0.6 is 0 Å². The predicted octanol–water partition coefficient (Wildman–Crippen LogP) is -1.32. The molecule has 0 fully saturated rings. The molecule has 0 radical (unpaired) electrons. The Balaban J connectivity index is 3.70. The molecule has 0 aromatic rings. The van der Waals surface area contributed by atoms with E-state index in [1.165, 1.54) is 0 Å². The molecule has 0 bridgehead atoms. The van der Waals surface area contributed by atoms with Crippen LogP contribution in [0.3, 0.4) is 0 Å². The molecule has 0 aliphatic rings. The molecule has 17 heavy (non-hydrogen) atoms. The maximum absolute atomic E-state index is 11.1. The van der Waals surface area contributed by atoms with Crippen LogP contribution in [-0.4, -0.2) is 44.4 Å². The molecule has 1 unspecified atom stereocenters. The number of amides is 2. The van der Waals surface area contributed by atoms with Gasteiger partial charge in [0.25, 0.3) is 0 Å². The summed E-state index contributed by atoms with van der Waals surface area (Å²) in [4.78, 5) is 21.4. The molecule has 0 aromatic carbocycles. The summed E-state index contributed by atoms with van der Waals surface area (Å²) in [6, 6.07) is -0.550. The fourth-order valence-corrected chi connectivity index (χ4v) is 1.39. The van der Waals surface area contributed by atoms with Crippen LogP contribution in [0.4, 0.5) is 4.79 Å². The predicted molar refractivity (Wildman–Crippen MR) is 60.8 cm³/mol. The van der Waals surface area contributed by atoms with E-state index in [0.29, 0.717) is 0 Å². The summed E-state index contributed by atoms with van der Waals surface area (Å²) in [5.74, 6) is -1.48. The van der Waals surface area contributed by atoms with Crippen LogP contribution in [-0.2, 0) is 14.8 Å². The summed E-state index contributed by atoms with van der Waals surface area (Å²) in [5.41, 5.74) is 0. The minimum absolute atomic E-state index is 0.0442. The van der Waals surface area contributed by atoms with Crippen LogP contribution in [0.1, 0.15) is 13.3 Å². The van der Waals surface area contributed by atoms with Crippen LogP contribution in [0.2, 0.25) is 0 Å². The Morgan fingerprint density at radius 3 is 2.41 bits per heavy atom. The molecule has 0 heterocycles. The zero-order chi connectivity index (χ0) is 13.5. The molecule has 1 atom stereocenters. The molecule has 8 nitrogen and oxygen atoms in total. The number of carboxylic acid groups (broad SMARTS) is 1. The summed E-state index contributed by atoms with van der Waals surface area (Å²) in [7, 11) is -3.59. The van der Waals surface area contributed by atoms with Crippen molar-refractivity contribution in [3.05, 3.63) is 0 Å². The first-order valence-corrected chi connectivity index (χ1v) is 6.66. The van der Waals surface area contributed by atoms with E-state index in [0.717, 1.165) is 0 Å². The van der Waals surface area contributed by atoms with Gasteiger partial charge in [-0.2, -0.15) is 0 Å². The summed E-state index contributed by atoms with van der Waals surface area (Å²) < 4.78 is 21.1. The summed E-state index contributed by atoms with van der Waals surface area (Å²) >= 11 is 0. The molecule has 0 saturated heterocycles. The topological polar surface area (TPSA) is 139 Å². The van der Waals surface area contributed by atoms with E-state index in [-0.39, 0.29) is 31.2 Å². The molecule has 9 heteroatoms. The van der Waals surface area contributed by atoms with Crippen molar-refractivity contribution in [2.75, 3.05) is 18.8 Å². The monoisotopic (exact) mass is 267 g/mol. The van der Waals surface area contributed by atoms with Gasteiger partial charge in [-0.1, -0.05) is 6.92 Å². The van der Waals surface area contributed by atoms with Crippen LogP contribution in [0.5, 0.6) is 0 Å². The fraction of sp³-hybridized carbons (Fsp3) is 0.750. The molecule has 0 spiro atoms. The Labute approximate surface area is 99.6 Å². The van der Waals surface area contributed by atoms with Gasteiger partial charge in [0.05, 0.1) is 5.75 Å². The van der Waals surface area contributed by atoms with Crippen LogP contribution < -0.4 is 15.8 Å². The van der Waals surface area contributed by atoms with Gasteiger partial charge in [-0.15, -0.1) is 0 Å². The second kappa shape index (κ2) is 7.07. The van der Waals surface area contributed by atoms with Gasteiger partial charge in [0.1, 0.15) is 0 Å². The lowest BCUT2D eigenvalue weighted by molar-refractivity contribution is -0.137. The molecule has 0 rings (SSSR count). The lowest BCUT2D eigenvalue weighted by Crippen LogP contribution is -2.40. The first-order valence-electron chi connectivity index (χ1n) is 4.94. The van der Waals surface area contributed by atoms with Gasteiger partial charge in [0.15, 0.2) is 0 Å². The zero-order valence-electron chi connectivity index (χ0n) is 9.47. The molecule has 0 aliphatic carbocycles. The van der Waals surface area contributed by atoms with Crippen LogP contribution in [0, 0.1) is 5.92 Å². The van der Waals surface area contributed by atoms with Crippen LogP contribution in [0.25, 0.3) is 0 Å². The number of hydrogen-bond donors (Lipinski definition) is 4. The molecular weight excluding hydrogens is 250 g/mol. The maximum Gasteiger partial charge on any atom is 0.314 e. The molecule has 0 aromatic heterocycles. The minimum Gasteiger partial charge on any atom is -0.481 e. The number of rotatable bonds is 7. The normalized spacial score (nSPS) is 12.8. The van der Waals surface area contributed by atoms with Gasteiger partial charge in [-0.3, -0.25) is 4.79 Å². The van der Waals surface area contributed by atoms with Crippen molar-refractivity contribution < 1.29 is 23.1 Å². The molecule has 0 saturated carbocycles. The van der Waals surface area contributed by atoms with Crippen molar-refractivity contribution in [1.82, 2.24) is 10.6 Å². The quantitative estimate of drug-likeness (QED) is 0.453. The van der Waals surface area contributed by atoms with Gasteiger partial charge < -0.3 is 15.7 Å². The number of primary sulfonamides is 1. The van der Waals surface area contributed by atoms with Gasteiger partial charge >= 0.3 is 12.0 Å². The number of hydrogen-bond acceptors (Lipinski definition) is 4. The van der Waals surface area contributed by atoms with Crippen LogP contribution in [0.15, 0.2) is 0 Å². The van der Waals surface area contributed by atoms with E-state index in [1.54, 1.807) is 6.92 Å². The highest BCUT2D eigenvalue weighted by molar-refractivity contribution is 7.89. The van der Waals surface area contributed by atoms with Crippen molar-refractivity contribution in [2.24, 2.45) is 11.1 Å². The third-order valence-corrected chi connectivity index (χ3v) is 2.58. The molecule has 2 amide bonds. The van der Waals surface area contributed by atoms with Crippen molar-refractivity contribution in [2.45, 2.75) is 13.3 Å². The highest BCUT2D eigenvalue weighted by Gasteiger charge is 2.09. The molecule has 0 aliphatic heterocycles. The third-order valence-electron chi connectivity index (χ3n) is 1.81. The van der Waals surface area contributed by atoms with E-state index < -0.39 is 22.0 Å². The van der Waals surface area contributed by atoms with E-state index in [1.807, 2.05) is 0 Å². The van der Waals surface area contributed by atoms with Gasteiger partial charge in [0, 0.05) is 19.5 Å². The molecule has 100 valence electrons. The SMILES string of the molecule is CC(CNC(=O)NCCS(N)(=O)=O)CC(=O)O. The number of carbonyl (C=O) groups is 2. The van der Waals surface area contributed by atoms with Gasteiger partial charge in [-0.25, -0.2) is 18.4 Å². The Bertz CT molecular complexity index is 367. The maximum atomic E-state index is 11.1. The Morgan fingerprint density at radius 2 is 1.94 bits per heavy atom. The van der Waals surface area contributed by atoms with Gasteiger partial charge in [0.2, 0.25) is 10.0 Å². The van der Waals surface area contributed by atoms with Crippen molar-refractivity contribution in [3.8, 4) is 0 Å². The average Bonchev–Trinajstić information content (AvgIpc) is 2.11. The Morgan fingerprint density at radius 1 is 1.35 bits per heavy atom. The van der Waals surface area contributed by atoms with Crippen molar-refractivity contribution >= 4 is 22.0 Å². The second-order valence-corrected chi connectivity index (χ2v) is 5.44. The number of urea groups is 1. The summed E-state index contributed by atoms with van der Waals surface area (Å²) in [6.45, 7) is 1.80. The smallest absolute Gasteiger partial charge is 0.314 e. The first-order chi connectivity index (χ1) is 7.70. The number of nitrogens with one attached hydrogen (secondary N) is 2. The summed E-state index contributed by atoms with van der Waals surface area (Å²) in [5, 5.41) is 17.9. The lowest BCUT2D eigenvalue weighted by atomic mass is 10.1. The van der Waals surface area contributed by atoms with Crippen molar-refractivity contribution in [1.29, 1.82) is 0 Å². The fourth-order valence-electron chi connectivity index (χ4n) is 1.01. The van der Waals surface area contributed by atoms with E-state index in [2.05, 4.69) is 10.6 Å². The standard InChI is InChI=1S/C8H17N3O5S/c1-6(4-7(12)13)5-11-8(14)10-2-3-17(9,15)16/h6H,2-5H2,1H3,(H,12,13)(H2,9,15,16)(H2,10,11,14). The highest BCUT2D eigenvalue weighted by Crippen LogP contribution is 1.98. The largest absolute Gasteiger partial charge is 0.481 e. The number of nitrogens with two attached hydrogens (primary N) is 1. The lowest BCUT2D eigenvalue weighted by Gasteiger charge is -2.11. The Kier molecular flexibility index (Phi) is 6.51. The van der Waals surface area contributed by atoms with E-state index >= 15 is 0 Å². The highest BCUT2D eigenvalue weighted by atomic mass is 32.2. The number of carboxylic acids is 1. The van der Waals surface area contributed by atoms with E-state index in [4.69, 9.17) is 10.2 Å². The zero-order valence-corrected chi connectivity index (χ0v) is 10.3.